The zero-order chi connectivity index (χ0) is 48.2. The van der Waals surface area contributed by atoms with Crippen LogP contribution in [0.25, 0.3) is 129 Å². The second-order valence-electron chi connectivity index (χ2n) is 18.1. The molecule has 0 saturated heterocycles. The zero-order valence-corrected chi connectivity index (χ0v) is 39.3. The van der Waals surface area contributed by atoms with E-state index in [9.17, 15) is 0 Å². The van der Waals surface area contributed by atoms with Crippen molar-refractivity contribution < 1.29 is 0 Å². The number of rotatable bonds is 9. The third-order valence-corrected chi connectivity index (χ3v) is 13.7. The second kappa shape index (κ2) is 17.4. The number of aromatic nitrogens is 8. The van der Waals surface area contributed by atoms with Gasteiger partial charge in [0.2, 0.25) is 0 Å². The Morgan fingerprint density at radius 3 is 1.44 bits per heavy atom. The summed E-state index contributed by atoms with van der Waals surface area (Å²) in [6.07, 6.45) is 0. The lowest BCUT2D eigenvalue weighted by molar-refractivity contribution is 1.07. The molecule has 0 amide bonds. The number of pyridine rings is 1. The standard InChI is InChI=1S/C65H42N8/c1-7-22-43(23-8-1)49-41-54(44-24-9-2-10-25-44)66-57(42-49)73-55-37-20-19-36-52(55)53-38-39-56-58(59(53)73)60-65(70-64(47-30-15-5-16-31-47)72(60)50-33-17-6-18-34-50)71(56)51-35-21-32-48(40-51)63-68-61(45-26-11-3-12-27-45)67-62(69-63)46-28-13-4-14-29-46/h1-42H. The van der Waals surface area contributed by atoms with Crippen molar-refractivity contribution in [2.75, 3.05) is 0 Å². The maximum Gasteiger partial charge on any atom is 0.165 e. The van der Waals surface area contributed by atoms with Gasteiger partial charge >= 0.3 is 0 Å². The van der Waals surface area contributed by atoms with E-state index in [4.69, 9.17) is 24.9 Å². The van der Waals surface area contributed by atoms with Gasteiger partial charge in [0.05, 0.1) is 27.6 Å². The van der Waals surface area contributed by atoms with Crippen molar-refractivity contribution in [1.29, 1.82) is 0 Å². The van der Waals surface area contributed by atoms with Crippen LogP contribution in [-0.2, 0) is 0 Å². The van der Waals surface area contributed by atoms with E-state index in [1.165, 1.54) is 0 Å². The molecule has 5 heterocycles. The Labute approximate surface area is 420 Å². The summed E-state index contributed by atoms with van der Waals surface area (Å²) in [6, 6.07) is 88.5. The molecule has 342 valence electrons. The lowest BCUT2D eigenvalue weighted by Gasteiger charge is -2.14. The predicted molar refractivity (Wildman–Crippen MR) is 296 cm³/mol. The first-order valence-electron chi connectivity index (χ1n) is 24.4. The van der Waals surface area contributed by atoms with Crippen molar-refractivity contribution in [3.63, 3.8) is 0 Å². The van der Waals surface area contributed by atoms with Crippen LogP contribution in [0.2, 0.25) is 0 Å². The largest absolute Gasteiger partial charge is 0.293 e. The minimum absolute atomic E-state index is 0.572. The van der Waals surface area contributed by atoms with E-state index < -0.39 is 0 Å². The Morgan fingerprint density at radius 2 is 0.795 bits per heavy atom. The molecule has 0 aliphatic rings. The van der Waals surface area contributed by atoms with E-state index >= 15 is 0 Å². The van der Waals surface area contributed by atoms with E-state index in [-0.39, 0.29) is 0 Å². The fourth-order valence-electron chi connectivity index (χ4n) is 10.4. The fraction of sp³-hybridized carbons (Fsp3) is 0. The van der Waals surface area contributed by atoms with Crippen molar-refractivity contribution >= 4 is 43.9 Å². The van der Waals surface area contributed by atoms with Gasteiger partial charge in [-0.1, -0.05) is 206 Å². The summed E-state index contributed by atoms with van der Waals surface area (Å²) in [4.78, 5) is 26.6. The molecule has 9 aromatic carbocycles. The van der Waals surface area contributed by atoms with Crippen molar-refractivity contribution in [3.05, 3.63) is 255 Å². The average molecular weight is 935 g/mol. The van der Waals surface area contributed by atoms with E-state index in [0.717, 1.165) is 112 Å². The third kappa shape index (κ3) is 7.19. The van der Waals surface area contributed by atoms with Crippen LogP contribution in [0.1, 0.15) is 0 Å². The molecule has 0 N–H and O–H groups in total. The molecule has 0 radical (unpaired) electrons. The quantitative estimate of drug-likeness (QED) is 0.144. The average Bonchev–Trinajstić information content (AvgIpc) is 4.14. The fourth-order valence-corrected chi connectivity index (χ4v) is 10.4. The molecule has 0 bridgehead atoms. The first-order valence-corrected chi connectivity index (χ1v) is 24.4. The molecule has 0 saturated carbocycles. The van der Waals surface area contributed by atoms with Crippen LogP contribution in [0, 0.1) is 0 Å². The van der Waals surface area contributed by atoms with Gasteiger partial charge in [-0.15, -0.1) is 0 Å². The van der Waals surface area contributed by atoms with Crippen molar-refractivity contribution in [3.8, 4) is 85.1 Å². The number of fused-ring (bicyclic) bond motifs is 7. The Hall–Kier alpha value is -10.1. The van der Waals surface area contributed by atoms with Crippen LogP contribution in [0.5, 0.6) is 0 Å². The molecule has 8 nitrogen and oxygen atoms in total. The zero-order valence-electron chi connectivity index (χ0n) is 39.3. The predicted octanol–water partition coefficient (Wildman–Crippen LogP) is 15.6. The molecule has 0 unspecified atom stereocenters. The minimum Gasteiger partial charge on any atom is -0.293 e. The second-order valence-corrected chi connectivity index (χ2v) is 18.1. The number of imidazole rings is 1. The Kier molecular flexibility index (Phi) is 9.99. The molecule has 0 fully saturated rings. The topological polar surface area (TPSA) is 79.2 Å². The SMILES string of the molecule is c1ccc(-c2cc(-c3ccccc3)nc(-n3c4ccccc4c4ccc5c(c6c(nc(-c7ccccc7)n6-c6ccccc6)n5-c5cccc(-c6nc(-c7ccccc7)nc(-c7ccccc7)n6)c5)c43)c2)cc1. The Bertz CT molecular complexity index is 4220. The molecule has 8 heteroatoms. The molecular formula is C65H42N8. The number of nitrogens with zero attached hydrogens (tertiary/aromatic N) is 8. The molecule has 73 heavy (non-hydrogen) atoms. The highest BCUT2D eigenvalue weighted by Gasteiger charge is 2.28. The summed E-state index contributed by atoms with van der Waals surface area (Å²) in [6.45, 7) is 0. The highest BCUT2D eigenvalue weighted by Crippen LogP contribution is 2.45. The molecule has 0 atom stereocenters. The smallest absolute Gasteiger partial charge is 0.165 e. The third-order valence-electron chi connectivity index (χ3n) is 13.7. The van der Waals surface area contributed by atoms with Crippen LogP contribution in [0.15, 0.2) is 255 Å². The van der Waals surface area contributed by atoms with Gasteiger partial charge in [-0.2, -0.15) is 0 Å². The molecule has 0 aliphatic heterocycles. The van der Waals surface area contributed by atoms with E-state index in [0.29, 0.717) is 17.5 Å². The van der Waals surface area contributed by atoms with Gasteiger partial charge in [-0.05, 0) is 59.7 Å². The van der Waals surface area contributed by atoms with E-state index in [1.54, 1.807) is 0 Å². The summed E-state index contributed by atoms with van der Waals surface area (Å²) < 4.78 is 7.02. The van der Waals surface area contributed by atoms with Crippen molar-refractivity contribution in [2.45, 2.75) is 0 Å². The summed E-state index contributed by atoms with van der Waals surface area (Å²) in [5, 5.41) is 3.28. The molecule has 5 aromatic heterocycles. The van der Waals surface area contributed by atoms with Gasteiger partial charge in [-0.3, -0.25) is 13.7 Å². The first kappa shape index (κ1) is 41.9. The lowest BCUT2D eigenvalue weighted by atomic mass is 10.0. The maximum absolute atomic E-state index is 5.71. The Morgan fingerprint density at radius 1 is 0.274 bits per heavy atom. The van der Waals surface area contributed by atoms with Crippen LogP contribution < -0.4 is 0 Å². The molecule has 14 aromatic rings. The van der Waals surface area contributed by atoms with Gasteiger partial charge < -0.3 is 0 Å². The molecule has 0 spiro atoms. The highest BCUT2D eigenvalue weighted by atomic mass is 15.2. The molecular weight excluding hydrogens is 893 g/mol. The van der Waals surface area contributed by atoms with Crippen molar-refractivity contribution in [2.24, 2.45) is 0 Å². The van der Waals surface area contributed by atoms with Gasteiger partial charge in [-0.25, -0.2) is 24.9 Å². The molecule has 0 aliphatic carbocycles. The van der Waals surface area contributed by atoms with E-state index in [2.05, 4.69) is 202 Å². The minimum atomic E-state index is 0.572. The summed E-state index contributed by atoms with van der Waals surface area (Å²) >= 11 is 0. The number of benzene rings is 9. The highest BCUT2D eigenvalue weighted by molar-refractivity contribution is 6.25. The van der Waals surface area contributed by atoms with Gasteiger partial charge in [0.25, 0.3) is 0 Å². The maximum atomic E-state index is 5.71. The van der Waals surface area contributed by atoms with Gasteiger partial charge in [0.15, 0.2) is 23.1 Å². The van der Waals surface area contributed by atoms with Crippen LogP contribution >= 0.6 is 0 Å². The monoisotopic (exact) mass is 934 g/mol. The summed E-state index contributed by atoms with van der Waals surface area (Å²) in [5.74, 6) is 3.43. The summed E-state index contributed by atoms with van der Waals surface area (Å²) in [7, 11) is 0. The van der Waals surface area contributed by atoms with E-state index in [1.807, 2.05) is 66.7 Å². The van der Waals surface area contributed by atoms with Crippen LogP contribution in [0.3, 0.4) is 0 Å². The van der Waals surface area contributed by atoms with Gasteiger partial charge in [0, 0.05) is 50.0 Å². The van der Waals surface area contributed by atoms with Crippen LogP contribution in [0.4, 0.5) is 0 Å². The first-order chi connectivity index (χ1) is 36.2. The number of hydrogen-bond acceptors (Lipinski definition) is 5. The normalized spacial score (nSPS) is 11.6. The van der Waals surface area contributed by atoms with Gasteiger partial charge in [0.1, 0.15) is 17.2 Å². The summed E-state index contributed by atoms with van der Waals surface area (Å²) in [5.41, 5.74) is 14.6. The van der Waals surface area contributed by atoms with Crippen molar-refractivity contribution in [1.82, 2.24) is 38.6 Å². The number of para-hydroxylation sites is 2. The Balaban J connectivity index is 1.10. The lowest BCUT2D eigenvalue weighted by Crippen LogP contribution is -2.02. The van der Waals surface area contributed by atoms with Crippen LogP contribution in [-0.4, -0.2) is 38.6 Å². The number of hydrogen-bond donors (Lipinski definition) is 0. The molecule has 14 rings (SSSR count).